The van der Waals surface area contributed by atoms with E-state index >= 15 is 0 Å². The van der Waals surface area contributed by atoms with Crippen LogP contribution in [-0.2, 0) is 25.8 Å². The summed E-state index contributed by atoms with van der Waals surface area (Å²) in [5, 5.41) is 0. The summed E-state index contributed by atoms with van der Waals surface area (Å²) in [5.41, 5.74) is 3.81. The van der Waals surface area contributed by atoms with Crippen molar-refractivity contribution in [2.45, 2.75) is 31.9 Å². The fourth-order valence-electron chi connectivity index (χ4n) is 2.35. The van der Waals surface area contributed by atoms with E-state index in [1.54, 1.807) is 7.11 Å². The second-order valence-electron chi connectivity index (χ2n) is 5.21. The summed E-state index contributed by atoms with van der Waals surface area (Å²) in [7, 11) is 1.60. The Bertz CT molecular complexity index is 492. The molecule has 1 fully saturated rings. The fourth-order valence-corrected chi connectivity index (χ4v) is 2.35. The van der Waals surface area contributed by atoms with Gasteiger partial charge in [-0.2, -0.15) is 5.48 Å². The molecule has 0 radical (unpaired) electrons. The number of carbonyl (C=O) groups is 2. The van der Waals surface area contributed by atoms with Crippen molar-refractivity contribution in [1.82, 2.24) is 10.4 Å². The first-order chi connectivity index (χ1) is 10.7. The molecule has 2 amide bonds. The third kappa shape index (κ3) is 4.62. The number of hydrogen-bond acceptors (Lipinski definition) is 5. The monoisotopic (exact) mass is 306 g/mol. The minimum absolute atomic E-state index is 0.123. The number of carbonyl (C=O) groups excluding carboxylic acids is 2. The first-order valence-corrected chi connectivity index (χ1v) is 7.46. The molecule has 1 saturated heterocycles. The number of hydrogen-bond donors (Lipinski definition) is 1. The first-order valence-electron chi connectivity index (χ1n) is 7.46. The van der Waals surface area contributed by atoms with Gasteiger partial charge in [0.25, 0.3) is 0 Å². The van der Waals surface area contributed by atoms with E-state index < -0.39 is 6.04 Å². The van der Waals surface area contributed by atoms with Crippen LogP contribution in [0.3, 0.4) is 0 Å². The molecule has 1 aromatic rings. The van der Waals surface area contributed by atoms with Crippen LogP contribution >= 0.6 is 0 Å². The van der Waals surface area contributed by atoms with Crippen LogP contribution in [0.15, 0.2) is 30.3 Å². The van der Waals surface area contributed by atoms with Gasteiger partial charge in [-0.3, -0.25) is 19.3 Å². The molecular formula is C16H22N2O4. The predicted molar refractivity (Wildman–Crippen MR) is 80.6 cm³/mol. The third-order valence-electron chi connectivity index (χ3n) is 3.55. The average Bonchev–Trinajstić information content (AvgIpc) is 2.54. The maximum absolute atomic E-state index is 12.3. The van der Waals surface area contributed by atoms with E-state index in [4.69, 9.17) is 9.57 Å². The number of piperidine rings is 1. The van der Waals surface area contributed by atoms with Gasteiger partial charge in [-0.25, -0.2) is 0 Å². The van der Waals surface area contributed by atoms with E-state index in [9.17, 15) is 9.59 Å². The van der Waals surface area contributed by atoms with Crippen LogP contribution in [0.4, 0.5) is 0 Å². The highest BCUT2D eigenvalue weighted by molar-refractivity contribution is 6.00. The lowest BCUT2D eigenvalue weighted by molar-refractivity contribution is -0.154. The van der Waals surface area contributed by atoms with Crippen LogP contribution < -0.4 is 5.48 Å². The minimum Gasteiger partial charge on any atom is -0.385 e. The third-order valence-corrected chi connectivity index (χ3v) is 3.55. The summed E-state index contributed by atoms with van der Waals surface area (Å²) in [6, 6.07) is 9.23. The van der Waals surface area contributed by atoms with Crippen LogP contribution in [0, 0.1) is 0 Å². The molecule has 1 aliphatic rings. The highest BCUT2D eigenvalue weighted by Crippen LogP contribution is 2.14. The molecule has 2 rings (SSSR count). The van der Waals surface area contributed by atoms with Gasteiger partial charge in [0, 0.05) is 26.7 Å². The maximum atomic E-state index is 12.3. The van der Waals surface area contributed by atoms with Gasteiger partial charge in [0.2, 0.25) is 11.8 Å². The lowest BCUT2D eigenvalue weighted by atomic mass is 10.0. The molecule has 0 aromatic heterocycles. The van der Waals surface area contributed by atoms with Gasteiger partial charge >= 0.3 is 0 Å². The van der Waals surface area contributed by atoms with Crippen molar-refractivity contribution >= 4 is 11.8 Å². The zero-order chi connectivity index (χ0) is 15.8. The predicted octanol–water partition coefficient (Wildman–Crippen LogP) is 1.26. The first kappa shape index (κ1) is 16.6. The van der Waals surface area contributed by atoms with Crippen LogP contribution in [0.25, 0.3) is 0 Å². The van der Waals surface area contributed by atoms with Gasteiger partial charge in [-0.1, -0.05) is 30.3 Å². The highest BCUT2D eigenvalue weighted by atomic mass is 16.6. The molecule has 1 heterocycles. The number of nitrogens with one attached hydrogen (secondary N) is 1. The molecule has 1 atom stereocenters. The largest absolute Gasteiger partial charge is 0.385 e. The summed E-state index contributed by atoms with van der Waals surface area (Å²) in [4.78, 5) is 30.8. The standard InChI is InChI=1S/C16H22N2O4/c1-21-11-5-10-18-15(19)9-8-14(16(18)20)17-22-12-13-6-3-2-4-7-13/h2-4,6-7,14,17H,5,8-12H2,1H3. The number of ether oxygens (including phenoxy) is 1. The van der Waals surface area contributed by atoms with Gasteiger partial charge in [-0.15, -0.1) is 0 Å². The van der Waals surface area contributed by atoms with Gasteiger partial charge in [0.1, 0.15) is 6.04 Å². The Hall–Kier alpha value is -1.76. The molecule has 0 saturated carbocycles. The number of rotatable bonds is 8. The molecule has 1 aromatic carbocycles. The van der Waals surface area contributed by atoms with Crippen molar-refractivity contribution in [1.29, 1.82) is 0 Å². The molecule has 1 N–H and O–H groups in total. The number of imide groups is 1. The zero-order valence-electron chi connectivity index (χ0n) is 12.8. The fraction of sp³-hybridized carbons (Fsp3) is 0.500. The van der Waals surface area contributed by atoms with Gasteiger partial charge in [-0.05, 0) is 18.4 Å². The normalized spacial score (nSPS) is 18.8. The molecule has 1 aliphatic heterocycles. The number of hydroxylamine groups is 1. The van der Waals surface area contributed by atoms with Crippen molar-refractivity contribution in [3.63, 3.8) is 0 Å². The van der Waals surface area contributed by atoms with E-state index in [1.165, 1.54) is 4.90 Å². The average molecular weight is 306 g/mol. The van der Waals surface area contributed by atoms with Gasteiger partial charge in [0.15, 0.2) is 0 Å². The van der Waals surface area contributed by atoms with E-state index in [1.807, 2.05) is 30.3 Å². The van der Waals surface area contributed by atoms with Gasteiger partial charge in [0.05, 0.1) is 6.61 Å². The topological polar surface area (TPSA) is 67.9 Å². The van der Waals surface area contributed by atoms with Crippen molar-refractivity contribution in [3.05, 3.63) is 35.9 Å². The number of benzene rings is 1. The molecule has 22 heavy (non-hydrogen) atoms. The molecule has 6 heteroatoms. The van der Waals surface area contributed by atoms with Crippen LogP contribution in [0.5, 0.6) is 0 Å². The van der Waals surface area contributed by atoms with Crippen molar-refractivity contribution in [2.75, 3.05) is 20.3 Å². The molecular weight excluding hydrogens is 284 g/mol. The van der Waals surface area contributed by atoms with Crippen LogP contribution in [-0.4, -0.2) is 43.0 Å². The Morgan fingerprint density at radius 3 is 2.77 bits per heavy atom. The number of nitrogens with zero attached hydrogens (tertiary/aromatic N) is 1. The van der Waals surface area contributed by atoms with Crippen molar-refractivity contribution < 1.29 is 19.2 Å². The Balaban J connectivity index is 1.80. The highest BCUT2D eigenvalue weighted by Gasteiger charge is 2.33. The summed E-state index contributed by atoms with van der Waals surface area (Å²) in [6.07, 6.45) is 1.46. The number of methoxy groups -OCH3 is 1. The minimum atomic E-state index is -0.469. The molecule has 1 unspecified atom stereocenters. The lowest BCUT2D eigenvalue weighted by Crippen LogP contribution is -2.53. The van der Waals surface area contributed by atoms with E-state index in [-0.39, 0.29) is 11.8 Å². The summed E-state index contributed by atoms with van der Waals surface area (Å²) < 4.78 is 4.95. The van der Waals surface area contributed by atoms with Crippen molar-refractivity contribution in [3.8, 4) is 0 Å². The molecule has 6 nitrogen and oxygen atoms in total. The number of likely N-dealkylation sites (tertiary alicyclic amines) is 1. The smallest absolute Gasteiger partial charge is 0.248 e. The van der Waals surface area contributed by atoms with E-state index in [0.29, 0.717) is 39.0 Å². The Morgan fingerprint density at radius 2 is 2.05 bits per heavy atom. The lowest BCUT2D eigenvalue weighted by Gasteiger charge is -2.30. The van der Waals surface area contributed by atoms with E-state index in [2.05, 4.69) is 5.48 Å². The Labute approximate surface area is 130 Å². The Kier molecular flexibility index (Phi) is 6.51. The second-order valence-corrected chi connectivity index (χ2v) is 5.21. The van der Waals surface area contributed by atoms with E-state index in [0.717, 1.165) is 5.56 Å². The second kappa shape index (κ2) is 8.63. The maximum Gasteiger partial charge on any atom is 0.248 e. The van der Waals surface area contributed by atoms with Gasteiger partial charge < -0.3 is 4.74 Å². The van der Waals surface area contributed by atoms with Crippen LogP contribution in [0.1, 0.15) is 24.8 Å². The molecule has 0 bridgehead atoms. The quantitative estimate of drug-likeness (QED) is 0.445. The number of amides is 2. The summed E-state index contributed by atoms with van der Waals surface area (Å²) in [6.45, 7) is 1.30. The summed E-state index contributed by atoms with van der Waals surface area (Å²) >= 11 is 0. The van der Waals surface area contributed by atoms with Crippen LogP contribution in [0.2, 0.25) is 0 Å². The molecule has 0 aliphatic carbocycles. The SMILES string of the molecule is COCCCN1C(=O)CCC(NOCc2ccccc2)C1=O. The zero-order valence-corrected chi connectivity index (χ0v) is 12.8. The molecule has 0 spiro atoms. The van der Waals surface area contributed by atoms with Crippen molar-refractivity contribution in [2.24, 2.45) is 0 Å². The summed E-state index contributed by atoms with van der Waals surface area (Å²) in [5.74, 6) is -0.345. The molecule has 120 valence electrons. The Morgan fingerprint density at radius 1 is 1.27 bits per heavy atom.